The summed E-state index contributed by atoms with van der Waals surface area (Å²) in [6, 6.07) is 5.68. The summed E-state index contributed by atoms with van der Waals surface area (Å²) in [5, 5.41) is 20.5. The molecule has 0 aromatic heterocycles. The molecule has 0 spiro atoms. The molecule has 0 heterocycles. The van der Waals surface area contributed by atoms with Gasteiger partial charge in [0.1, 0.15) is 0 Å². The molecule has 2 N–H and O–H groups in total. The van der Waals surface area contributed by atoms with Crippen LogP contribution in [0.25, 0.3) is 6.08 Å². The molecule has 3 rings (SSSR count). The number of nitrogens with one attached hydrogen (secondary N) is 1. The lowest BCUT2D eigenvalue weighted by atomic mass is 9.79. The molecular formula is C22H28N2O6S. The number of fused-ring (bicyclic) bond motifs is 2. The van der Waals surface area contributed by atoms with Crippen LogP contribution in [0.15, 0.2) is 41.8 Å². The molecule has 31 heavy (non-hydrogen) atoms. The first-order valence-corrected chi connectivity index (χ1v) is 12.1. The molecule has 9 heteroatoms. The van der Waals surface area contributed by atoms with Crippen LogP contribution in [0.5, 0.6) is 0 Å². The quantitative estimate of drug-likeness (QED) is 0.228. The number of allylic oxidation sites excluding steroid dienone is 2. The number of carbonyl (C=O) groups is 1. The number of nitrogens with zero attached hydrogens (tertiary/aromatic N) is 1. The van der Waals surface area contributed by atoms with E-state index in [0.717, 1.165) is 31.1 Å². The van der Waals surface area contributed by atoms with Gasteiger partial charge in [-0.25, -0.2) is 13.1 Å². The van der Waals surface area contributed by atoms with Crippen molar-refractivity contribution in [2.45, 2.75) is 38.5 Å². The summed E-state index contributed by atoms with van der Waals surface area (Å²) in [7, 11) is -3.63. The standard InChI is InChI=1S/C22H28N2O6S/c25-22(26)5-3-1-2-4-20-17-8-9-18(14-17)21(20)15-23-31(29,30)13-12-16-6-10-19(11-7-16)24(27)28/h2,4,6-7,10-13,17-18,20-21,23H,1,3,5,8-9,14-15H2,(H,25,26). The van der Waals surface area contributed by atoms with Gasteiger partial charge in [-0.05, 0) is 79.5 Å². The van der Waals surface area contributed by atoms with E-state index in [1.165, 1.54) is 30.3 Å². The number of hydrogen-bond acceptors (Lipinski definition) is 5. The lowest BCUT2D eigenvalue weighted by molar-refractivity contribution is -0.384. The zero-order valence-corrected chi connectivity index (χ0v) is 18.0. The van der Waals surface area contributed by atoms with Crippen LogP contribution in [0.1, 0.15) is 44.1 Å². The largest absolute Gasteiger partial charge is 0.481 e. The van der Waals surface area contributed by atoms with Crippen LogP contribution in [0, 0.1) is 33.8 Å². The van der Waals surface area contributed by atoms with Crippen molar-refractivity contribution < 1.29 is 23.2 Å². The first-order valence-electron chi connectivity index (χ1n) is 10.6. The molecule has 8 nitrogen and oxygen atoms in total. The van der Waals surface area contributed by atoms with Gasteiger partial charge in [-0.3, -0.25) is 14.9 Å². The third-order valence-electron chi connectivity index (χ3n) is 6.34. The van der Waals surface area contributed by atoms with E-state index in [2.05, 4.69) is 10.8 Å². The molecule has 2 fully saturated rings. The molecule has 0 aliphatic heterocycles. The van der Waals surface area contributed by atoms with Gasteiger partial charge in [0.25, 0.3) is 5.69 Å². The van der Waals surface area contributed by atoms with E-state index in [0.29, 0.717) is 36.3 Å². The summed E-state index contributed by atoms with van der Waals surface area (Å²) in [5.74, 6) is 0.871. The van der Waals surface area contributed by atoms with Crippen LogP contribution >= 0.6 is 0 Å². The van der Waals surface area contributed by atoms with E-state index >= 15 is 0 Å². The second-order valence-corrected chi connectivity index (χ2v) is 9.98. The Bertz CT molecular complexity index is 955. The molecule has 0 amide bonds. The normalized spacial score (nSPS) is 25.5. The Labute approximate surface area is 182 Å². The van der Waals surface area contributed by atoms with Crippen molar-refractivity contribution in [3.8, 4) is 0 Å². The fourth-order valence-electron chi connectivity index (χ4n) is 4.82. The fourth-order valence-corrected chi connectivity index (χ4v) is 5.68. The highest BCUT2D eigenvalue weighted by Crippen LogP contribution is 2.52. The van der Waals surface area contributed by atoms with Crippen LogP contribution in [-0.2, 0) is 14.8 Å². The zero-order chi connectivity index (χ0) is 22.4. The maximum Gasteiger partial charge on any atom is 0.303 e. The van der Waals surface area contributed by atoms with Crippen LogP contribution in [0.3, 0.4) is 0 Å². The summed E-state index contributed by atoms with van der Waals surface area (Å²) < 4.78 is 27.6. The van der Waals surface area contributed by atoms with Gasteiger partial charge in [0.2, 0.25) is 10.0 Å². The number of rotatable bonds is 11. The van der Waals surface area contributed by atoms with Crippen LogP contribution in [0.4, 0.5) is 5.69 Å². The average molecular weight is 449 g/mol. The Morgan fingerprint density at radius 3 is 2.61 bits per heavy atom. The van der Waals surface area contributed by atoms with Gasteiger partial charge in [-0.1, -0.05) is 12.2 Å². The van der Waals surface area contributed by atoms with Gasteiger partial charge in [0.05, 0.1) is 4.92 Å². The SMILES string of the molecule is O=C(O)CCCC=CC1C2CCC(C2)C1CNS(=O)(=O)C=Cc1ccc([N+](=O)[O-])cc1. The Morgan fingerprint density at radius 1 is 1.23 bits per heavy atom. The first-order chi connectivity index (χ1) is 14.7. The first kappa shape index (κ1) is 23.1. The van der Waals surface area contributed by atoms with E-state index in [1.54, 1.807) is 0 Å². The molecule has 2 bridgehead atoms. The molecule has 1 aromatic rings. The highest BCUT2D eigenvalue weighted by atomic mass is 32.2. The maximum atomic E-state index is 12.4. The molecule has 2 aliphatic carbocycles. The number of sulfonamides is 1. The lowest BCUT2D eigenvalue weighted by Crippen LogP contribution is -2.34. The van der Waals surface area contributed by atoms with E-state index in [1.807, 2.05) is 6.08 Å². The van der Waals surface area contributed by atoms with Gasteiger partial charge in [-0.15, -0.1) is 0 Å². The second-order valence-electron chi connectivity index (χ2n) is 8.33. The monoisotopic (exact) mass is 448 g/mol. The Morgan fingerprint density at radius 2 is 1.94 bits per heavy atom. The molecule has 4 atom stereocenters. The minimum atomic E-state index is -3.63. The van der Waals surface area contributed by atoms with E-state index in [4.69, 9.17) is 5.11 Å². The van der Waals surface area contributed by atoms with Crippen LogP contribution < -0.4 is 4.72 Å². The van der Waals surface area contributed by atoms with Gasteiger partial charge in [-0.2, -0.15) is 0 Å². The van der Waals surface area contributed by atoms with Crippen molar-refractivity contribution in [2.24, 2.45) is 23.7 Å². The van der Waals surface area contributed by atoms with Crippen LogP contribution in [-0.4, -0.2) is 31.0 Å². The Hall–Kier alpha value is -2.52. The predicted molar refractivity (Wildman–Crippen MR) is 117 cm³/mol. The predicted octanol–water partition coefficient (Wildman–Crippen LogP) is 3.96. The molecule has 0 radical (unpaired) electrons. The number of nitro groups is 1. The highest BCUT2D eigenvalue weighted by Gasteiger charge is 2.46. The summed E-state index contributed by atoms with van der Waals surface area (Å²) in [4.78, 5) is 20.8. The van der Waals surface area contributed by atoms with Gasteiger partial charge >= 0.3 is 5.97 Å². The number of non-ortho nitro benzene ring substituents is 1. The minimum Gasteiger partial charge on any atom is -0.481 e. The summed E-state index contributed by atoms with van der Waals surface area (Å²) in [6.45, 7) is 0.373. The number of hydrogen-bond donors (Lipinski definition) is 2. The Kier molecular flexibility index (Phi) is 7.61. The number of unbranched alkanes of at least 4 members (excludes halogenated alkanes) is 1. The van der Waals surface area contributed by atoms with Crippen molar-refractivity contribution in [3.05, 3.63) is 57.5 Å². The number of nitro benzene ring substituents is 1. The topological polar surface area (TPSA) is 127 Å². The smallest absolute Gasteiger partial charge is 0.303 e. The molecular weight excluding hydrogens is 420 g/mol. The number of benzene rings is 1. The summed E-state index contributed by atoms with van der Waals surface area (Å²) in [6.07, 6.45) is 10.5. The fraction of sp³-hybridized carbons (Fsp3) is 0.500. The maximum absolute atomic E-state index is 12.4. The third kappa shape index (κ3) is 6.48. The van der Waals surface area contributed by atoms with Gasteiger partial charge < -0.3 is 5.11 Å². The molecule has 2 aliphatic rings. The summed E-state index contributed by atoms with van der Waals surface area (Å²) >= 11 is 0. The molecule has 0 saturated heterocycles. The number of aliphatic carboxylic acids is 1. The van der Waals surface area contributed by atoms with Crippen molar-refractivity contribution in [2.75, 3.05) is 6.54 Å². The third-order valence-corrected chi connectivity index (χ3v) is 7.40. The van der Waals surface area contributed by atoms with Crippen molar-refractivity contribution in [1.82, 2.24) is 4.72 Å². The van der Waals surface area contributed by atoms with E-state index < -0.39 is 20.9 Å². The average Bonchev–Trinajstić information content (AvgIpc) is 3.32. The van der Waals surface area contributed by atoms with E-state index in [9.17, 15) is 23.3 Å². The zero-order valence-electron chi connectivity index (χ0n) is 17.2. The van der Waals surface area contributed by atoms with Gasteiger partial charge in [0.15, 0.2) is 0 Å². The van der Waals surface area contributed by atoms with Crippen molar-refractivity contribution in [1.29, 1.82) is 0 Å². The van der Waals surface area contributed by atoms with Gasteiger partial charge in [0, 0.05) is 30.5 Å². The lowest BCUT2D eigenvalue weighted by Gasteiger charge is -2.29. The summed E-state index contributed by atoms with van der Waals surface area (Å²) in [5.41, 5.74) is 0.523. The minimum absolute atomic E-state index is 0.0449. The van der Waals surface area contributed by atoms with E-state index in [-0.39, 0.29) is 18.0 Å². The number of carboxylic acids is 1. The van der Waals surface area contributed by atoms with Crippen molar-refractivity contribution >= 4 is 27.8 Å². The molecule has 2 saturated carbocycles. The van der Waals surface area contributed by atoms with Crippen molar-refractivity contribution in [3.63, 3.8) is 0 Å². The second kappa shape index (κ2) is 10.2. The molecule has 168 valence electrons. The molecule has 4 unspecified atom stereocenters. The number of carboxylic acid groups (broad SMARTS) is 1. The highest BCUT2D eigenvalue weighted by molar-refractivity contribution is 7.92. The van der Waals surface area contributed by atoms with Crippen LogP contribution in [0.2, 0.25) is 0 Å². The Balaban J connectivity index is 1.55. The molecule has 1 aromatic carbocycles.